The van der Waals surface area contributed by atoms with Gasteiger partial charge in [0.2, 0.25) is 5.91 Å². The number of nitrogens with one attached hydrogen (secondary N) is 1. The summed E-state index contributed by atoms with van der Waals surface area (Å²) < 4.78 is 0. The summed E-state index contributed by atoms with van der Waals surface area (Å²) in [5, 5.41) is 14.5. The number of hydrogen-bond acceptors (Lipinski definition) is 6. The third-order valence-electron chi connectivity index (χ3n) is 4.70. The zero-order chi connectivity index (χ0) is 20.3. The third-order valence-corrected chi connectivity index (χ3v) is 5.25. The molecule has 1 N–H and O–H groups in total. The summed E-state index contributed by atoms with van der Waals surface area (Å²) in [5.41, 5.74) is 0.105. The number of aromatic nitrogens is 1. The fourth-order valence-corrected chi connectivity index (χ4v) is 3.30. The number of piperazine rings is 1. The van der Waals surface area contributed by atoms with Gasteiger partial charge in [-0.15, -0.1) is 0 Å². The predicted molar refractivity (Wildman–Crippen MR) is 109 cm³/mol. The van der Waals surface area contributed by atoms with Gasteiger partial charge < -0.3 is 10.2 Å². The molecule has 0 spiro atoms. The van der Waals surface area contributed by atoms with Crippen molar-refractivity contribution in [2.24, 2.45) is 0 Å². The molecule has 1 atom stereocenters. The molecule has 1 fully saturated rings. The molecule has 0 saturated carbocycles. The van der Waals surface area contributed by atoms with E-state index in [1.807, 2.05) is 11.0 Å². The lowest BCUT2D eigenvalue weighted by atomic mass is 10.2. The normalized spacial score (nSPS) is 15.9. The van der Waals surface area contributed by atoms with Crippen LogP contribution in [0.5, 0.6) is 0 Å². The fourth-order valence-electron chi connectivity index (χ4n) is 3.02. The molecule has 1 saturated heterocycles. The highest BCUT2D eigenvalue weighted by molar-refractivity contribution is 6.33. The van der Waals surface area contributed by atoms with Gasteiger partial charge in [0.15, 0.2) is 0 Å². The number of rotatable bonds is 5. The van der Waals surface area contributed by atoms with Crippen molar-refractivity contribution in [1.82, 2.24) is 9.88 Å². The van der Waals surface area contributed by atoms with Crippen molar-refractivity contribution in [2.45, 2.75) is 13.0 Å². The van der Waals surface area contributed by atoms with Crippen LogP contribution in [0.3, 0.4) is 0 Å². The number of amides is 1. The number of non-ortho nitro benzene ring substituents is 1. The number of carbonyl (C=O) groups excluding carboxylic acids is 1. The van der Waals surface area contributed by atoms with Gasteiger partial charge in [-0.2, -0.15) is 0 Å². The number of anilines is 2. The minimum atomic E-state index is -0.528. The smallest absolute Gasteiger partial charge is 0.271 e. The number of nitrogens with zero attached hydrogens (tertiary/aromatic N) is 4. The van der Waals surface area contributed by atoms with Gasteiger partial charge in [-0.1, -0.05) is 23.2 Å². The van der Waals surface area contributed by atoms with Crippen LogP contribution in [0.4, 0.5) is 17.2 Å². The van der Waals surface area contributed by atoms with E-state index in [1.54, 1.807) is 19.2 Å². The van der Waals surface area contributed by atoms with Gasteiger partial charge >= 0.3 is 0 Å². The van der Waals surface area contributed by atoms with Crippen LogP contribution >= 0.6 is 23.2 Å². The molecule has 0 radical (unpaired) electrons. The lowest BCUT2D eigenvalue weighted by molar-refractivity contribution is -0.384. The second-order valence-electron chi connectivity index (χ2n) is 6.44. The maximum Gasteiger partial charge on any atom is 0.271 e. The molecule has 8 nitrogen and oxygen atoms in total. The van der Waals surface area contributed by atoms with Crippen LogP contribution in [0.2, 0.25) is 10.0 Å². The first-order valence-corrected chi connectivity index (χ1v) is 9.46. The van der Waals surface area contributed by atoms with Crippen molar-refractivity contribution in [3.8, 4) is 0 Å². The van der Waals surface area contributed by atoms with Gasteiger partial charge in [0.1, 0.15) is 5.82 Å². The number of nitro benzene ring substituents is 1. The van der Waals surface area contributed by atoms with Crippen LogP contribution < -0.4 is 10.2 Å². The Balaban J connectivity index is 1.59. The molecule has 28 heavy (non-hydrogen) atoms. The molecule has 0 aliphatic carbocycles. The van der Waals surface area contributed by atoms with Crippen molar-refractivity contribution in [1.29, 1.82) is 0 Å². The molecule has 1 aliphatic rings. The molecule has 148 valence electrons. The summed E-state index contributed by atoms with van der Waals surface area (Å²) in [5.74, 6) is 0.588. The van der Waals surface area contributed by atoms with Crippen LogP contribution in [0.15, 0.2) is 36.5 Å². The summed E-state index contributed by atoms with van der Waals surface area (Å²) in [4.78, 5) is 31.5. The van der Waals surface area contributed by atoms with Crippen molar-refractivity contribution in [2.75, 3.05) is 36.4 Å². The summed E-state index contributed by atoms with van der Waals surface area (Å²) in [6.07, 6.45) is 1.61. The molecule has 1 unspecified atom stereocenters. The van der Waals surface area contributed by atoms with Crippen molar-refractivity contribution in [3.63, 3.8) is 0 Å². The molecule has 0 bridgehead atoms. The predicted octanol–water partition coefficient (Wildman–Crippen LogP) is 3.45. The monoisotopic (exact) mass is 423 g/mol. The number of halogens is 2. The molecule has 1 aliphatic heterocycles. The number of carbonyl (C=O) groups is 1. The van der Waals surface area contributed by atoms with E-state index >= 15 is 0 Å². The second-order valence-corrected chi connectivity index (χ2v) is 7.29. The fraction of sp³-hybridized carbons (Fsp3) is 0.333. The summed E-state index contributed by atoms with van der Waals surface area (Å²) in [6, 6.07) is 7.23. The van der Waals surface area contributed by atoms with E-state index in [9.17, 15) is 14.9 Å². The van der Waals surface area contributed by atoms with Crippen LogP contribution in [-0.2, 0) is 4.79 Å². The Morgan fingerprint density at radius 2 is 1.93 bits per heavy atom. The van der Waals surface area contributed by atoms with E-state index in [0.717, 1.165) is 18.9 Å². The number of pyridine rings is 1. The van der Waals surface area contributed by atoms with Crippen LogP contribution in [-0.4, -0.2) is 52.9 Å². The Labute approximate surface area is 172 Å². The quantitative estimate of drug-likeness (QED) is 0.584. The second kappa shape index (κ2) is 8.72. The average Bonchev–Trinajstić information content (AvgIpc) is 2.69. The maximum absolute atomic E-state index is 12.6. The van der Waals surface area contributed by atoms with E-state index in [2.05, 4.69) is 15.2 Å². The van der Waals surface area contributed by atoms with Gasteiger partial charge in [0, 0.05) is 44.5 Å². The Kier molecular flexibility index (Phi) is 6.33. The highest BCUT2D eigenvalue weighted by Gasteiger charge is 2.26. The van der Waals surface area contributed by atoms with Crippen LogP contribution in [0.1, 0.15) is 6.92 Å². The van der Waals surface area contributed by atoms with Crippen molar-refractivity contribution < 1.29 is 9.72 Å². The Morgan fingerprint density at radius 3 is 2.54 bits per heavy atom. The highest BCUT2D eigenvalue weighted by atomic mass is 35.5. The molecular weight excluding hydrogens is 405 g/mol. The van der Waals surface area contributed by atoms with E-state index < -0.39 is 11.0 Å². The van der Waals surface area contributed by atoms with Gasteiger partial charge in [-0.25, -0.2) is 4.98 Å². The zero-order valence-corrected chi connectivity index (χ0v) is 16.7. The lowest BCUT2D eigenvalue weighted by Crippen LogP contribution is -2.53. The Hall–Kier alpha value is -2.42. The summed E-state index contributed by atoms with van der Waals surface area (Å²) >= 11 is 11.9. The third kappa shape index (κ3) is 4.70. The minimum Gasteiger partial charge on any atom is -0.354 e. The summed E-state index contributed by atoms with van der Waals surface area (Å²) in [6.45, 7) is 4.62. The lowest BCUT2D eigenvalue weighted by Gasteiger charge is -2.38. The first-order valence-electron chi connectivity index (χ1n) is 8.70. The topological polar surface area (TPSA) is 91.6 Å². The molecule has 1 aromatic carbocycles. The Bertz CT molecular complexity index is 870. The average molecular weight is 424 g/mol. The van der Waals surface area contributed by atoms with Gasteiger partial charge in [0.05, 0.1) is 26.7 Å². The first-order chi connectivity index (χ1) is 13.3. The van der Waals surface area contributed by atoms with E-state index in [1.165, 1.54) is 18.2 Å². The minimum absolute atomic E-state index is 0.128. The molecule has 1 aromatic heterocycles. The SMILES string of the molecule is CC(C(=O)Nc1cc([N+](=O)[O-])ccc1Cl)N1CCN(c2ccc(Cl)cn2)CC1. The Morgan fingerprint density at radius 1 is 1.21 bits per heavy atom. The molecule has 3 rings (SSSR count). The van der Waals surface area contributed by atoms with Gasteiger partial charge in [-0.3, -0.25) is 19.8 Å². The van der Waals surface area contributed by atoms with Crippen LogP contribution in [0, 0.1) is 10.1 Å². The molecule has 1 amide bonds. The molecule has 2 heterocycles. The molecule has 10 heteroatoms. The van der Waals surface area contributed by atoms with Crippen molar-refractivity contribution in [3.05, 3.63) is 56.7 Å². The first kappa shape index (κ1) is 20.3. The molecule has 2 aromatic rings. The number of hydrogen-bond donors (Lipinski definition) is 1. The van der Waals surface area contributed by atoms with E-state index in [-0.39, 0.29) is 22.3 Å². The standard InChI is InChI=1S/C18H19Cl2N5O3/c1-12(18(26)22-16-10-14(25(27)28)3-4-15(16)20)23-6-8-24(9-7-23)17-5-2-13(19)11-21-17/h2-5,10-12H,6-9H2,1H3,(H,22,26). The maximum atomic E-state index is 12.6. The molecular formula is C18H19Cl2N5O3. The van der Waals surface area contributed by atoms with E-state index in [0.29, 0.717) is 18.1 Å². The number of nitro groups is 1. The van der Waals surface area contributed by atoms with Crippen molar-refractivity contribution >= 4 is 46.3 Å². The van der Waals surface area contributed by atoms with E-state index in [4.69, 9.17) is 23.2 Å². The van der Waals surface area contributed by atoms with Gasteiger partial charge in [-0.05, 0) is 25.1 Å². The largest absolute Gasteiger partial charge is 0.354 e. The summed E-state index contributed by atoms with van der Waals surface area (Å²) in [7, 11) is 0. The number of benzene rings is 1. The van der Waals surface area contributed by atoms with Gasteiger partial charge in [0.25, 0.3) is 5.69 Å². The highest BCUT2D eigenvalue weighted by Crippen LogP contribution is 2.27. The van der Waals surface area contributed by atoms with Crippen LogP contribution in [0.25, 0.3) is 0 Å². The zero-order valence-electron chi connectivity index (χ0n) is 15.1.